The van der Waals surface area contributed by atoms with E-state index < -0.39 is 0 Å². The molecule has 36 heavy (non-hydrogen) atoms. The van der Waals surface area contributed by atoms with Gasteiger partial charge in [-0.25, -0.2) is 0 Å². The lowest BCUT2D eigenvalue weighted by molar-refractivity contribution is 0.303. The van der Waals surface area contributed by atoms with Crippen LogP contribution in [0.15, 0.2) is 133 Å². The molecule has 2 heteroatoms. The SMILES string of the molecule is c1ccc(COc2ccc3ccccc3c2-c2c(OCc3ccccc3)ccc3ccccc23)cc1. The Hall–Kier alpha value is -4.56. The smallest absolute Gasteiger partial charge is 0.128 e. The van der Waals surface area contributed by atoms with E-state index in [2.05, 4.69) is 97.1 Å². The van der Waals surface area contributed by atoms with Gasteiger partial charge in [-0.15, -0.1) is 0 Å². The van der Waals surface area contributed by atoms with Crippen LogP contribution in [0.25, 0.3) is 32.7 Å². The first kappa shape index (κ1) is 21.9. The zero-order chi connectivity index (χ0) is 24.2. The van der Waals surface area contributed by atoms with Crippen LogP contribution in [0, 0.1) is 0 Å². The molecule has 0 N–H and O–H groups in total. The highest BCUT2D eigenvalue weighted by molar-refractivity contribution is 6.09. The van der Waals surface area contributed by atoms with E-state index in [9.17, 15) is 0 Å². The molecule has 0 spiro atoms. The van der Waals surface area contributed by atoms with Gasteiger partial charge in [-0.3, -0.25) is 0 Å². The summed E-state index contributed by atoms with van der Waals surface area (Å²) < 4.78 is 13.0. The fraction of sp³-hybridized carbons (Fsp3) is 0.0588. The summed E-state index contributed by atoms with van der Waals surface area (Å²) in [5.41, 5.74) is 4.39. The molecular weight excluding hydrogens is 440 g/mol. The van der Waals surface area contributed by atoms with Crippen LogP contribution >= 0.6 is 0 Å². The van der Waals surface area contributed by atoms with Crippen LogP contribution in [-0.2, 0) is 13.2 Å². The quantitative estimate of drug-likeness (QED) is 0.234. The van der Waals surface area contributed by atoms with Gasteiger partial charge in [0, 0.05) is 11.1 Å². The second-order valence-corrected chi connectivity index (χ2v) is 8.87. The molecule has 6 aromatic rings. The van der Waals surface area contributed by atoms with Gasteiger partial charge < -0.3 is 9.47 Å². The van der Waals surface area contributed by atoms with Gasteiger partial charge in [0.25, 0.3) is 0 Å². The summed E-state index contributed by atoms with van der Waals surface area (Å²) in [7, 11) is 0. The summed E-state index contributed by atoms with van der Waals surface area (Å²) in [6, 6.07) is 46.0. The summed E-state index contributed by atoms with van der Waals surface area (Å²) in [6.45, 7) is 0.994. The number of hydrogen-bond acceptors (Lipinski definition) is 2. The van der Waals surface area contributed by atoms with Crippen LogP contribution in [0.3, 0.4) is 0 Å². The van der Waals surface area contributed by atoms with Crippen molar-refractivity contribution in [2.75, 3.05) is 0 Å². The van der Waals surface area contributed by atoms with Crippen LogP contribution in [0.1, 0.15) is 11.1 Å². The minimum absolute atomic E-state index is 0.497. The van der Waals surface area contributed by atoms with Gasteiger partial charge in [-0.2, -0.15) is 0 Å². The second kappa shape index (κ2) is 9.97. The number of hydrogen-bond donors (Lipinski definition) is 0. The van der Waals surface area contributed by atoms with Gasteiger partial charge in [0.15, 0.2) is 0 Å². The van der Waals surface area contributed by atoms with Crippen molar-refractivity contribution in [2.45, 2.75) is 13.2 Å². The molecule has 6 aromatic carbocycles. The first-order valence-electron chi connectivity index (χ1n) is 12.2. The van der Waals surface area contributed by atoms with E-state index in [0.717, 1.165) is 44.5 Å². The molecule has 6 rings (SSSR count). The van der Waals surface area contributed by atoms with E-state index >= 15 is 0 Å². The number of benzene rings is 6. The lowest BCUT2D eigenvalue weighted by Crippen LogP contribution is -2.01. The molecule has 0 heterocycles. The zero-order valence-electron chi connectivity index (χ0n) is 19.9. The molecule has 0 unspecified atom stereocenters. The molecule has 0 aliphatic carbocycles. The van der Waals surface area contributed by atoms with Crippen molar-refractivity contribution in [1.29, 1.82) is 0 Å². The highest BCUT2D eigenvalue weighted by atomic mass is 16.5. The Kier molecular flexibility index (Phi) is 6.08. The van der Waals surface area contributed by atoms with Crippen molar-refractivity contribution in [2.24, 2.45) is 0 Å². The average molecular weight is 467 g/mol. The molecule has 0 radical (unpaired) electrons. The molecule has 0 bridgehead atoms. The van der Waals surface area contributed by atoms with Crippen LogP contribution in [0.5, 0.6) is 11.5 Å². The highest BCUT2D eigenvalue weighted by Crippen LogP contribution is 2.45. The van der Waals surface area contributed by atoms with Crippen molar-refractivity contribution in [3.05, 3.63) is 145 Å². The Labute approximate surface area is 211 Å². The lowest BCUT2D eigenvalue weighted by atomic mass is 9.92. The topological polar surface area (TPSA) is 18.5 Å². The van der Waals surface area contributed by atoms with Crippen LogP contribution in [0.2, 0.25) is 0 Å². The number of ether oxygens (including phenoxy) is 2. The maximum absolute atomic E-state index is 6.50. The van der Waals surface area contributed by atoms with E-state index in [-0.39, 0.29) is 0 Å². The third kappa shape index (κ3) is 4.42. The summed E-state index contributed by atoms with van der Waals surface area (Å²) in [5, 5.41) is 4.62. The zero-order valence-corrected chi connectivity index (χ0v) is 19.9. The largest absolute Gasteiger partial charge is 0.488 e. The van der Waals surface area contributed by atoms with Gasteiger partial charge in [0.2, 0.25) is 0 Å². The minimum atomic E-state index is 0.497. The van der Waals surface area contributed by atoms with E-state index in [1.54, 1.807) is 0 Å². The van der Waals surface area contributed by atoms with E-state index in [1.807, 2.05) is 36.4 Å². The van der Waals surface area contributed by atoms with Gasteiger partial charge >= 0.3 is 0 Å². The van der Waals surface area contributed by atoms with E-state index in [4.69, 9.17) is 9.47 Å². The van der Waals surface area contributed by atoms with Crippen molar-refractivity contribution in [1.82, 2.24) is 0 Å². The maximum atomic E-state index is 6.50. The third-order valence-electron chi connectivity index (χ3n) is 6.51. The van der Waals surface area contributed by atoms with Gasteiger partial charge in [0.1, 0.15) is 24.7 Å². The van der Waals surface area contributed by atoms with Crippen molar-refractivity contribution < 1.29 is 9.47 Å². The molecule has 0 saturated carbocycles. The summed E-state index contributed by atoms with van der Waals surface area (Å²) in [4.78, 5) is 0. The second-order valence-electron chi connectivity index (χ2n) is 8.87. The van der Waals surface area contributed by atoms with Crippen LogP contribution < -0.4 is 9.47 Å². The fourth-order valence-corrected chi connectivity index (χ4v) is 4.73. The van der Waals surface area contributed by atoms with Crippen LogP contribution in [0.4, 0.5) is 0 Å². The Morgan fingerprint density at radius 2 is 0.750 bits per heavy atom. The Bertz CT molecular complexity index is 1500. The van der Waals surface area contributed by atoms with E-state index in [0.29, 0.717) is 13.2 Å². The predicted molar refractivity (Wildman–Crippen MR) is 148 cm³/mol. The van der Waals surface area contributed by atoms with Gasteiger partial charge in [-0.1, -0.05) is 121 Å². The van der Waals surface area contributed by atoms with E-state index in [1.165, 1.54) is 10.8 Å². The Morgan fingerprint density at radius 1 is 0.361 bits per heavy atom. The molecular formula is C34H26O2. The normalized spacial score (nSPS) is 11.0. The highest BCUT2D eigenvalue weighted by Gasteiger charge is 2.19. The average Bonchev–Trinajstić information content (AvgIpc) is 2.95. The minimum Gasteiger partial charge on any atom is -0.488 e. The Balaban J connectivity index is 1.53. The molecule has 0 aliphatic heterocycles. The number of rotatable bonds is 7. The van der Waals surface area contributed by atoms with Crippen molar-refractivity contribution in [3.8, 4) is 22.6 Å². The first-order chi connectivity index (χ1) is 17.9. The Morgan fingerprint density at radius 3 is 1.19 bits per heavy atom. The third-order valence-corrected chi connectivity index (χ3v) is 6.51. The standard InChI is InChI=1S/C34H26O2/c1-3-11-25(12-4-1)23-35-31-21-19-27-15-7-9-17-29(27)33(31)34-30-18-10-8-16-28(30)20-22-32(34)36-24-26-13-5-2-6-14-26/h1-22H,23-24H2. The monoisotopic (exact) mass is 466 g/mol. The molecule has 0 fully saturated rings. The molecule has 2 nitrogen and oxygen atoms in total. The molecule has 0 aliphatic rings. The number of fused-ring (bicyclic) bond motifs is 2. The molecule has 0 aromatic heterocycles. The summed E-state index contributed by atoms with van der Waals surface area (Å²) >= 11 is 0. The molecule has 0 atom stereocenters. The van der Waals surface area contributed by atoms with Gasteiger partial charge in [0.05, 0.1) is 0 Å². The summed E-state index contributed by atoms with van der Waals surface area (Å²) in [5.74, 6) is 1.69. The van der Waals surface area contributed by atoms with Crippen molar-refractivity contribution in [3.63, 3.8) is 0 Å². The molecule has 0 amide bonds. The predicted octanol–water partition coefficient (Wildman–Crippen LogP) is 8.82. The molecule has 174 valence electrons. The summed E-state index contributed by atoms with van der Waals surface area (Å²) in [6.07, 6.45) is 0. The lowest BCUT2D eigenvalue weighted by Gasteiger charge is -2.20. The molecule has 0 saturated heterocycles. The first-order valence-corrected chi connectivity index (χ1v) is 12.2. The maximum Gasteiger partial charge on any atom is 0.128 e. The van der Waals surface area contributed by atoms with Crippen molar-refractivity contribution >= 4 is 21.5 Å². The van der Waals surface area contributed by atoms with Gasteiger partial charge in [-0.05, 0) is 44.8 Å². The van der Waals surface area contributed by atoms with Crippen LogP contribution in [-0.4, -0.2) is 0 Å². The fourth-order valence-electron chi connectivity index (χ4n) is 4.73.